The van der Waals surface area contributed by atoms with Crippen LogP contribution < -0.4 is 5.32 Å². The number of hydrogen-bond donors (Lipinski definition) is 4. The van der Waals surface area contributed by atoms with E-state index in [1.807, 2.05) is 0 Å². The van der Waals surface area contributed by atoms with Crippen molar-refractivity contribution >= 4 is 41.0 Å². The molecule has 2 atom stereocenters. The van der Waals surface area contributed by atoms with Crippen LogP contribution in [0.15, 0.2) is 66.7 Å². The Labute approximate surface area is 199 Å². The highest BCUT2D eigenvalue weighted by atomic mass is 35.5. The molecule has 3 rings (SSSR count). The van der Waals surface area contributed by atoms with E-state index < -0.39 is 30.0 Å². The highest BCUT2D eigenvalue weighted by Gasteiger charge is 2.29. The fraction of sp³-hybridized carbons (Fsp3) is 0.125. The first-order chi connectivity index (χ1) is 15.7. The summed E-state index contributed by atoms with van der Waals surface area (Å²) in [6, 6.07) is 16.0. The lowest BCUT2D eigenvalue weighted by molar-refractivity contribution is -0.148. The van der Waals surface area contributed by atoms with E-state index in [0.717, 1.165) is 0 Å². The van der Waals surface area contributed by atoms with Crippen LogP contribution in [-0.4, -0.2) is 45.3 Å². The van der Waals surface area contributed by atoms with Crippen molar-refractivity contribution in [1.82, 2.24) is 5.32 Å². The van der Waals surface area contributed by atoms with Gasteiger partial charge in [-0.1, -0.05) is 59.6 Å². The van der Waals surface area contributed by atoms with E-state index in [-0.39, 0.29) is 22.6 Å². The van der Waals surface area contributed by atoms with Crippen molar-refractivity contribution in [3.8, 4) is 11.1 Å². The fourth-order valence-corrected chi connectivity index (χ4v) is 3.78. The molecule has 170 valence electrons. The number of halogens is 2. The molecule has 33 heavy (non-hydrogen) atoms. The van der Waals surface area contributed by atoms with Crippen LogP contribution in [0.25, 0.3) is 11.1 Å². The SMILES string of the molecule is O=C(N[C@H](Cc1ccccc1Cl)[C@@H](O)C(=O)O)c1ccc(Cl)c(-c2ccccc2C(=O)O)c1. The number of carbonyl (C=O) groups excluding carboxylic acids is 1. The van der Waals surface area contributed by atoms with Gasteiger partial charge in [0.2, 0.25) is 0 Å². The summed E-state index contributed by atoms with van der Waals surface area (Å²) in [5.41, 5.74) is 1.31. The van der Waals surface area contributed by atoms with Crippen molar-refractivity contribution in [1.29, 1.82) is 0 Å². The van der Waals surface area contributed by atoms with Crippen molar-refractivity contribution in [3.05, 3.63) is 93.5 Å². The summed E-state index contributed by atoms with van der Waals surface area (Å²) in [4.78, 5) is 36.0. The molecule has 0 unspecified atom stereocenters. The molecule has 0 aliphatic rings. The van der Waals surface area contributed by atoms with Crippen molar-refractivity contribution in [3.63, 3.8) is 0 Å². The van der Waals surface area contributed by atoms with Crippen LogP contribution >= 0.6 is 23.2 Å². The zero-order valence-corrected chi connectivity index (χ0v) is 18.5. The molecule has 0 aliphatic carbocycles. The summed E-state index contributed by atoms with van der Waals surface area (Å²) < 4.78 is 0. The quantitative estimate of drug-likeness (QED) is 0.378. The van der Waals surface area contributed by atoms with Crippen LogP contribution in [-0.2, 0) is 11.2 Å². The summed E-state index contributed by atoms with van der Waals surface area (Å²) in [6.45, 7) is 0. The van der Waals surface area contributed by atoms with E-state index in [4.69, 9.17) is 23.2 Å². The number of aromatic carboxylic acids is 1. The largest absolute Gasteiger partial charge is 0.479 e. The first kappa shape index (κ1) is 24.3. The van der Waals surface area contributed by atoms with Gasteiger partial charge in [-0.3, -0.25) is 4.79 Å². The Morgan fingerprint density at radius 3 is 2.18 bits per heavy atom. The smallest absolute Gasteiger partial charge is 0.336 e. The van der Waals surface area contributed by atoms with Crippen LogP contribution in [0.2, 0.25) is 10.0 Å². The molecule has 0 heterocycles. The van der Waals surface area contributed by atoms with Gasteiger partial charge in [-0.25, -0.2) is 9.59 Å². The van der Waals surface area contributed by atoms with Crippen LogP contribution in [0.4, 0.5) is 0 Å². The van der Waals surface area contributed by atoms with E-state index >= 15 is 0 Å². The van der Waals surface area contributed by atoms with Gasteiger partial charge in [-0.2, -0.15) is 0 Å². The third kappa shape index (κ3) is 5.70. The lowest BCUT2D eigenvalue weighted by atomic mass is 9.97. The van der Waals surface area contributed by atoms with Gasteiger partial charge in [0.1, 0.15) is 0 Å². The van der Waals surface area contributed by atoms with Gasteiger partial charge in [0, 0.05) is 21.2 Å². The predicted octanol–water partition coefficient (Wildman–Crippen LogP) is 4.15. The molecule has 9 heteroatoms. The standard InChI is InChI=1S/C24H19Cl2NO6/c25-18-8-4-1-5-13(18)12-20(21(28)24(32)33)27-22(29)14-9-10-19(26)17(11-14)15-6-2-3-7-16(15)23(30)31/h1-11,20-21,28H,12H2,(H,27,29)(H,30,31)(H,32,33)/t20-,21-/m1/s1. The summed E-state index contributed by atoms with van der Waals surface area (Å²) >= 11 is 12.4. The number of aliphatic hydroxyl groups excluding tert-OH is 1. The molecular weight excluding hydrogens is 469 g/mol. The number of rotatable bonds is 8. The molecule has 0 aromatic heterocycles. The second kappa shape index (κ2) is 10.5. The molecule has 0 bridgehead atoms. The molecule has 0 saturated carbocycles. The molecule has 4 N–H and O–H groups in total. The Hall–Kier alpha value is -3.39. The fourth-order valence-electron chi connectivity index (χ4n) is 3.34. The molecule has 3 aromatic carbocycles. The van der Waals surface area contributed by atoms with E-state index in [1.165, 1.54) is 24.3 Å². The van der Waals surface area contributed by atoms with Crippen LogP contribution in [0, 0.1) is 0 Å². The normalized spacial score (nSPS) is 12.6. The topological polar surface area (TPSA) is 124 Å². The third-order valence-electron chi connectivity index (χ3n) is 5.02. The highest BCUT2D eigenvalue weighted by molar-refractivity contribution is 6.33. The molecule has 0 aliphatic heterocycles. The van der Waals surface area contributed by atoms with Gasteiger partial charge in [0.05, 0.1) is 11.6 Å². The van der Waals surface area contributed by atoms with Crippen LogP contribution in [0.5, 0.6) is 0 Å². The first-order valence-corrected chi connectivity index (χ1v) is 10.5. The Bertz CT molecular complexity index is 1210. The number of carboxylic acid groups (broad SMARTS) is 2. The average molecular weight is 488 g/mol. The minimum Gasteiger partial charge on any atom is -0.479 e. The number of aliphatic carboxylic acids is 1. The zero-order chi connectivity index (χ0) is 24.1. The number of nitrogens with one attached hydrogen (secondary N) is 1. The summed E-state index contributed by atoms with van der Waals surface area (Å²) in [7, 11) is 0. The van der Waals surface area contributed by atoms with Gasteiger partial charge in [-0.05, 0) is 47.9 Å². The summed E-state index contributed by atoms with van der Waals surface area (Å²) in [5, 5.41) is 32.1. The average Bonchev–Trinajstić information content (AvgIpc) is 2.79. The van der Waals surface area contributed by atoms with Gasteiger partial charge in [0.15, 0.2) is 6.10 Å². The van der Waals surface area contributed by atoms with E-state index in [9.17, 15) is 29.7 Å². The zero-order valence-electron chi connectivity index (χ0n) is 17.0. The molecule has 0 spiro atoms. The maximum atomic E-state index is 13.0. The highest BCUT2D eigenvalue weighted by Crippen LogP contribution is 2.31. The van der Waals surface area contributed by atoms with Gasteiger partial charge in [0.25, 0.3) is 5.91 Å². The molecule has 3 aromatic rings. The Kier molecular flexibility index (Phi) is 7.71. The number of carbonyl (C=O) groups is 3. The Morgan fingerprint density at radius 1 is 0.848 bits per heavy atom. The van der Waals surface area contributed by atoms with E-state index in [2.05, 4.69) is 5.32 Å². The van der Waals surface area contributed by atoms with Gasteiger partial charge >= 0.3 is 11.9 Å². The molecule has 1 amide bonds. The summed E-state index contributed by atoms with van der Waals surface area (Å²) in [6.07, 6.45) is -1.91. The molecule has 0 radical (unpaired) electrons. The number of carboxylic acids is 2. The number of aliphatic hydroxyl groups is 1. The second-order valence-electron chi connectivity index (χ2n) is 7.20. The van der Waals surface area contributed by atoms with Crippen molar-refractivity contribution in [2.45, 2.75) is 18.6 Å². The van der Waals surface area contributed by atoms with Crippen molar-refractivity contribution in [2.24, 2.45) is 0 Å². The van der Waals surface area contributed by atoms with E-state index in [0.29, 0.717) is 21.7 Å². The maximum absolute atomic E-state index is 13.0. The number of benzene rings is 3. The van der Waals surface area contributed by atoms with Crippen LogP contribution in [0.1, 0.15) is 26.3 Å². The van der Waals surface area contributed by atoms with Crippen LogP contribution in [0.3, 0.4) is 0 Å². The molecular formula is C24H19Cl2NO6. The first-order valence-electron chi connectivity index (χ1n) is 9.76. The molecule has 0 saturated heterocycles. The molecule has 0 fully saturated rings. The number of amides is 1. The Morgan fingerprint density at radius 2 is 1.52 bits per heavy atom. The summed E-state index contributed by atoms with van der Waals surface area (Å²) in [5.74, 6) is -3.32. The Balaban J connectivity index is 1.93. The predicted molar refractivity (Wildman–Crippen MR) is 124 cm³/mol. The number of hydrogen-bond acceptors (Lipinski definition) is 4. The monoisotopic (exact) mass is 487 g/mol. The minimum absolute atomic E-state index is 0.00912. The van der Waals surface area contributed by atoms with Gasteiger partial charge < -0.3 is 20.6 Å². The van der Waals surface area contributed by atoms with Crippen molar-refractivity contribution < 1.29 is 29.7 Å². The van der Waals surface area contributed by atoms with E-state index in [1.54, 1.807) is 42.5 Å². The minimum atomic E-state index is -1.88. The van der Waals surface area contributed by atoms with Crippen molar-refractivity contribution in [2.75, 3.05) is 0 Å². The maximum Gasteiger partial charge on any atom is 0.336 e. The lowest BCUT2D eigenvalue weighted by Gasteiger charge is -2.22. The second-order valence-corrected chi connectivity index (χ2v) is 8.02. The third-order valence-corrected chi connectivity index (χ3v) is 5.72. The lowest BCUT2D eigenvalue weighted by Crippen LogP contribution is -2.48. The molecule has 7 nitrogen and oxygen atoms in total. The van der Waals surface area contributed by atoms with Gasteiger partial charge in [-0.15, -0.1) is 0 Å².